The number of hydrogen-bond donors (Lipinski definition) is 0. The van der Waals surface area contributed by atoms with E-state index in [4.69, 9.17) is 0 Å². The van der Waals surface area contributed by atoms with Crippen LogP contribution in [0.5, 0.6) is 0 Å². The third-order valence-electron chi connectivity index (χ3n) is 4.10. The Balaban J connectivity index is 2.55. The van der Waals surface area contributed by atoms with Gasteiger partial charge in [0, 0.05) is 18.6 Å². The van der Waals surface area contributed by atoms with Crippen LogP contribution in [-0.2, 0) is 25.7 Å². The highest BCUT2D eigenvalue weighted by atomic mass is 32.2. The maximum atomic E-state index is 11.2. The zero-order valence-corrected chi connectivity index (χ0v) is 14.0. The van der Waals surface area contributed by atoms with E-state index in [9.17, 15) is 25.9 Å². The fourth-order valence-corrected chi connectivity index (χ4v) is 3.51. The molecule has 0 atom stereocenters. The molecule has 122 valence electrons. The molecule has 1 aliphatic heterocycles. The lowest BCUT2D eigenvalue weighted by atomic mass is 9.82. The van der Waals surface area contributed by atoms with Crippen molar-refractivity contribution in [1.82, 2.24) is 0 Å². The first-order chi connectivity index (χ1) is 9.84. The molecule has 0 bridgehead atoms. The first-order valence-corrected chi connectivity index (χ1v) is 9.48. The second-order valence-electron chi connectivity index (χ2n) is 5.76. The predicted molar refractivity (Wildman–Crippen MR) is 77.5 cm³/mol. The molecule has 22 heavy (non-hydrogen) atoms. The van der Waals surface area contributed by atoms with Gasteiger partial charge in [-0.25, -0.2) is 16.8 Å². The number of nitrogens with zero attached hydrogens (tertiary/aromatic N) is 1. The Morgan fingerprint density at radius 1 is 1.14 bits per heavy atom. The van der Waals surface area contributed by atoms with Gasteiger partial charge in [-0.3, -0.25) is 0 Å². The summed E-state index contributed by atoms with van der Waals surface area (Å²) in [5.41, 5.74) is 1.44. The van der Waals surface area contributed by atoms with E-state index in [-0.39, 0.29) is 11.4 Å². The number of rotatable bonds is 4. The van der Waals surface area contributed by atoms with E-state index in [0.29, 0.717) is 11.3 Å². The number of fused-ring (bicyclic) bond motifs is 1. The van der Waals surface area contributed by atoms with Crippen LogP contribution >= 0.6 is 0 Å². The maximum absolute atomic E-state index is 11.2. The molecule has 0 aliphatic carbocycles. The van der Waals surface area contributed by atoms with Crippen molar-refractivity contribution in [3.8, 4) is 0 Å². The standard InChI is InChI=1S/C13H17NO6S2/c1-9-13(2,3)11-8-10(22(18,19)20)4-5-12(11)14(9)6-7-21(15,16)17/h4-5,8H,6-7H2,1-3H3,(H-,15,16,17,18,19,20)/p-1. The lowest BCUT2D eigenvalue weighted by Crippen LogP contribution is -2.28. The fourth-order valence-electron chi connectivity index (χ4n) is 2.61. The minimum Gasteiger partial charge on any atom is -0.748 e. The van der Waals surface area contributed by atoms with Crippen molar-refractivity contribution in [3.63, 3.8) is 0 Å². The summed E-state index contributed by atoms with van der Waals surface area (Å²) in [4.78, 5) is -0.328. The van der Waals surface area contributed by atoms with Crippen LogP contribution in [0.4, 0.5) is 5.69 Å². The third-order valence-corrected chi connectivity index (χ3v) is 5.61. The molecule has 0 unspecified atom stereocenters. The Hall–Kier alpha value is -1.29. The average Bonchev–Trinajstić information content (AvgIpc) is 2.54. The zero-order chi connectivity index (χ0) is 16.9. The summed E-state index contributed by atoms with van der Waals surface area (Å²) in [5.74, 6) is -0.554. The van der Waals surface area contributed by atoms with Gasteiger partial charge in [0.15, 0.2) is 12.3 Å². The van der Waals surface area contributed by atoms with Crippen molar-refractivity contribution < 1.29 is 30.5 Å². The van der Waals surface area contributed by atoms with Gasteiger partial charge < -0.3 is 9.11 Å². The SMILES string of the molecule is CC1=[N+](CCS(=O)(=O)[O-])c2ccc(S(=O)(=O)[O-])cc2C1(C)C. The van der Waals surface area contributed by atoms with Crippen LogP contribution in [0, 0.1) is 0 Å². The van der Waals surface area contributed by atoms with E-state index < -0.39 is 31.4 Å². The van der Waals surface area contributed by atoms with Crippen molar-refractivity contribution in [2.24, 2.45) is 0 Å². The second kappa shape index (κ2) is 5.12. The third kappa shape index (κ3) is 3.07. The molecule has 0 saturated heterocycles. The normalized spacial score (nSPS) is 17.7. The second-order valence-corrected chi connectivity index (χ2v) is 8.66. The van der Waals surface area contributed by atoms with Crippen molar-refractivity contribution in [1.29, 1.82) is 0 Å². The van der Waals surface area contributed by atoms with E-state index in [1.54, 1.807) is 11.5 Å². The van der Waals surface area contributed by atoms with Crippen LogP contribution in [0.2, 0.25) is 0 Å². The highest BCUT2D eigenvalue weighted by molar-refractivity contribution is 7.86. The largest absolute Gasteiger partial charge is 0.748 e. The molecule has 0 saturated carbocycles. The Morgan fingerprint density at radius 2 is 1.73 bits per heavy atom. The van der Waals surface area contributed by atoms with Crippen LogP contribution in [0.15, 0.2) is 23.1 Å². The summed E-state index contributed by atoms with van der Waals surface area (Å²) in [6.07, 6.45) is 0. The zero-order valence-electron chi connectivity index (χ0n) is 12.4. The monoisotopic (exact) mass is 346 g/mol. The molecular formula is C13H16NO6S2-. The van der Waals surface area contributed by atoms with Gasteiger partial charge in [-0.15, -0.1) is 0 Å². The Kier molecular flexibility index (Phi) is 3.97. The lowest BCUT2D eigenvalue weighted by Gasteiger charge is -2.16. The summed E-state index contributed by atoms with van der Waals surface area (Å²) in [7, 11) is -8.93. The van der Waals surface area contributed by atoms with Gasteiger partial charge in [-0.05, 0) is 26.0 Å². The summed E-state index contributed by atoms with van der Waals surface area (Å²) < 4.78 is 67.7. The quantitative estimate of drug-likeness (QED) is 0.580. The first kappa shape index (κ1) is 17.1. The van der Waals surface area contributed by atoms with Gasteiger partial charge >= 0.3 is 0 Å². The molecule has 7 nitrogen and oxygen atoms in total. The molecule has 1 heterocycles. The van der Waals surface area contributed by atoms with Gasteiger partial charge in [0.05, 0.1) is 16.1 Å². The predicted octanol–water partition coefficient (Wildman–Crippen LogP) is 0.532. The van der Waals surface area contributed by atoms with Crippen LogP contribution in [0.1, 0.15) is 26.3 Å². The average molecular weight is 346 g/mol. The minimum absolute atomic E-state index is 0.0163. The van der Waals surface area contributed by atoms with Crippen molar-refractivity contribution in [2.45, 2.75) is 31.1 Å². The van der Waals surface area contributed by atoms with Crippen LogP contribution < -0.4 is 0 Å². The van der Waals surface area contributed by atoms with Crippen molar-refractivity contribution >= 4 is 31.6 Å². The molecule has 1 aliphatic rings. The maximum Gasteiger partial charge on any atom is 0.209 e. The van der Waals surface area contributed by atoms with E-state index in [1.807, 2.05) is 13.8 Å². The molecule has 2 rings (SSSR count). The molecular weight excluding hydrogens is 330 g/mol. The van der Waals surface area contributed by atoms with Gasteiger partial charge in [0.1, 0.15) is 20.2 Å². The fraction of sp³-hybridized carbons (Fsp3) is 0.462. The summed E-state index contributed by atoms with van der Waals surface area (Å²) in [6, 6.07) is 3.97. The van der Waals surface area contributed by atoms with Gasteiger partial charge in [0.25, 0.3) is 0 Å². The van der Waals surface area contributed by atoms with Crippen LogP contribution in [-0.4, -0.2) is 48.5 Å². The molecule has 0 N–H and O–H groups in total. The molecule has 0 amide bonds. The van der Waals surface area contributed by atoms with Crippen molar-refractivity contribution in [3.05, 3.63) is 23.8 Å². The molecule has 0 radical (unpaired) electrons. The molecule has 1 aromatic rings. The Labute approximate surface area is 129 Å². The number of hydrogen-bond acceptors (Lipinski definition) is 6. The Morgan fingerprint density at radius 3 is 2.23 bits per heavy atom. The molecule has 0 aromatic heterocycles. The number of benzene rings is 1. The topological polar surface area (TPSA) is 117 Å². The van der Waals surface area contributed by atoms with Gasteiger partial charge in [-0.2, -0.15) is 4.58 Å². The first-order valence-electron chi connectivity index (χ1n) is 6.49. The van der Waals surface area contributed by atoms with E-state index in [1.165, 1.54) is 18.2 Å². The van der Waals surface area contributed by atoms with E-state index >= 15 is 0 Å². The van der Waals surface area contributed by atoms with Crippen LogP contribution in [0.3, 0.4) is 0 Å². The molecule has 9 heteroatoms. The van der Waals surface area contributed by atoms with Gasteiger partial charge in [0.2, 0.25) is 5.69 Å². The van der Waals surface area contributed by atoms with E-state index in [2.05, 4.69) is 0 Å². The Bertz CT molecular complexity index is 866. The molecule has 0 spiro atoms. The summed E-state index contributed by atoms with van der Waals surface area (Å²) >= 11 is 0. The summed E-state index contributed by atoms with van der Waals surface area (Å²) in [5, 5.41) is 0. The highest BCUT2D eigenvalue weighted by Gasteiger charge is 2.43. The molecule has 0 fully saturated rings. The summed E-state index contributed by atoms with van der Waals surface area (Å²) in [6.45, 7) is 5.45. The van der Waals surface area contributed by atoms with Crippen molar-refractivity contribution in [2.75, 3.05) is 12.3 Å². The van der Waals surface area contributed by atoms with E-state index in [0.717, 1.165) is 5.71 Å². The molecule has 1 aromatic carbocycles. The van der Waals surface area contributed by atoms with Crippen LogP contribution in [0.25, 0.3) is 0 Å². The lowest BCUT2D eigenvalue weighted by molar-refractivity contribution is -0.433. The highest BCUT2D eigenvalue weighted by Crippen LogP contribution is 2.40. The minimum atomic E-state index is -4.57. The smallest absolute Gasteiger partial charge is 0.209 e. The van der Waals surface area contributed by atoms with Gasteiger partial charge in [-0.1, -0.05) is 0 Å².